The monoisotopic (exact) mass is 1170 g/mol. The molecular weight excluding hydrogens is 1070 g/mol. The van der Waals surface area contributed by atoms with Gasteiger partial charge in [0.2, 0.25) is 0 Å². The highest BCUT2D eigenvalue weighted by atomic mass is 33.1. The SMILES string of the molecule is CCCCCCCCC(CCCCCC)COC(=O)CCCC(=O)OCC(C)(C)C(OC(=O)CCCC(=O)OCC(CCCCCC)OC(=O)CCCCC1CCSS1)C(=O)NCCC(=O)OCC1c2ccccc2-c2ccccc21. The molecule has 1 N–H and O–H groups in total. The summed E-state index contributed by atoms with van der Waals surface area (Å²) >= 11 is 0. The second-order valence-corrected chi connectivity index (χ2v) is 25.6. The molecule has 0 radical (unpaired) electrons. The summed E-state index contributed by atoms with van der Waals surface area (Å²) in [6.07, 6.45) is 20.6. The van der Waals surface area contributed by atoms with E-state index in [0.717, 1.165) is 99.3 Å². The van der Waals surface area contributed by atoms with Crippen molar-refractivity contribution in [2.45, 2.75) is 244 Å². The third kappa shape index (κ3) is 28.0. The number of benzene rings is 2. The number of carbonyl (C=O) groups excluding carboxylic acids is 7. The van der Waals surface area contributed by atoms with Crippen molar-refractivity contribution >= 4 is 63.3 Å². The zero-order valence-electron chi connectivity index (χ0n) is 49.9. The Hall–Kier alpha value is -4.57. The summed E-state index contributed by atoms with van der Waals surface area (Å²) in [4.78, 5) is 92.3. The minimum atomic E-state index is -1.46. The molecule has 1 aliphatic carbocycles. The van der Waals surface area contributed by atoms with Gasteiger partial charge in [-0.15, -0.1) is 0 Å². The van der Waals surface area contributed by atoms with E-state index in [-0.39, 0.29) is 89.2 Å². The van der Waals surface area contributed by atoms with Crippen LogP contribution in [0.4, 0.5) is 0 Å². The third-order valence-corrected chi connectivity index (χ3v) is 18.2. The maximum absolute atomic E-state index is 14.0. The number of amides is 1. The van der Waals surface area contributed by atoms with Gasteiger partial charge in [-0.2, -0.15) is 0 Å². The second-order valence-electron chi connectivity index (χ2n) is 22.9. The van der Waals surface area contributed by atoms with Crippen LogP contribution in [-0.2, 0) is 62.0 Å². The Bertz CT molecular complexity index is 2130. The van der Waals surface area contributed by atoms with E-state index >= 15 is 0 Å². The molecule has 1 amide bonds. The van der Waals surface area contributed by atoms with Crippen LogP contribution in [0.25, 0.3) is 11.1 Å². The summed E-state index contributed by atoms with van der Waals surface area (Å²) in [6.45, 7) is 9.79. The van der Waals surface area contributed by atoms with E-state index in [1.165, 1.54) is 57.1 Å². The first kappa shape index (κ1) is 68.9. The van der Waals surface area contributed by atoms with Crippen molar-refractivity contribution in [1.29, 1.82) is 0 Å². The number of nitrogens with one attached hydrogen (secondary N) is 1. The van der Waals surface area contributed by atoms with E-state index in [4.69, 9.17) is 28.4 Å². The average Bonchev–Trinajstić information content (AvgIpc) is 4.32. The molecule has 81 heavy (non-hydrogen) atoms. The Labute approximate surface area is 493 Å². The molecule has 0 bridgehead atoms. The van der Waals surface area contributed by atoms with Crippen molar-refractivity contribution in [2.24, 2.45) is 11.3 Å². The first-order chi connectivity index (χ1) is 39.2. The molecule has 1 fully saturated rings. The van der Waals surface area contributed by atoms with Crippen LogP contribution in [0.3, 0.4) is 0 Å². The molecule has 16 heteroatoms. The zero-order valence-corrected chi connectivity index (χ0v) is 51.5. The van der Waals surface area contributed by atoms with Gasteiger partial charge in [0.15, 0.2) is 6.10 Å². The lowest BCUT2D eigenvalue weighted by Crippen LogP contribution is -2.49. The maximum atomic E-state index is 14.0. The molecule has 1 aliphatic heterocycles. The van der Waals surface area contributed by atoms with Crippen molar-refractivity contribution < 1.29 is 62.0 Å². The number of fused-ring (bicyclic) bond motifs is 3. The Balaban J connectivity index is 1.28. The highest BCUT2D eigenvalue weighted by molar-refractivity contribution is 8.77. The van der Waals surface area contributed by atoms with Gasteiger partial charge in [0.25, 0.3) is 5.91 Å². The fourth-order valence-electron chi connectivity index (χ4n) is 10.3. The van der Waals surface area contributed by atoms with Gasteiger partial charge >= 0.3 is 35.8 Å². The van der Waals surface area contributed by atoms with Crippen molar-refractivity contribution in [3.63, 3.8) is 0 Å². The zero-order chi connectivity index (χ0) is 58.5. The minimum absolute atomic E-state index is 0.0581. The summed E-state index contributed by atoms with van der Waals surface area (Å²) in [7, 11) is 3.84. The lowest BCUT2D eigenvalue weighted by Gasteiger charge is -2.32. The molecule has 2 aliphatic rings. The second kappa shape index (κ2) is 40.6. The summed E-state index contributed by atoms with van der Waals surface area (Å²) in [5, 5.41) is 3.37. The van der Waals surface area contributed by atoms with E-state index < -0.39 is 47.4 Å². The van der Waals surface area contributed by atoms with Gasteiger partial charge in [-0.3, -0.25) is 33.6 Å². The van der Waals surface area contributed by atoms with E-state index in [0.29, 0.717) is 30.6 Å². The van der Waals surface area contributed by atoms with Gasteiger partial charge in [-0.25, -0.2) is 0 Å². The van der Waals surface area contributed by atoms with Gasteiger partial charge in [-0.05, 0) is 86.0 Å². The fraction of sp³-hybridized carbons (Fsp3) is 0.708. The molecule has 0 spiro atoms. The van der Waals surface area contributed by atoms with Gasteiger partial charge in [0.1, 0.15) is 25.9 Å². The summed E-state index contributed by atoms with van der Waals surface area (Å²) < 4.78 is 34.3. The molecule has 1 heterocycles. The first-order valence-corrected chi connectivity index (χ1v) is 33.4. The van der Waals surface area contributed by atoms with E-state index in [9.17, 15) is 33.6 Å². The molecule has 4 atom stereocenters. The Morgan fingerprint density at radius 3 is 1.65 bits per heavy atom. The van der Waals surface area contributed by atoms with Crippen molar-refractivity contribution in [3.05, 3.63) is 59.7 Å². The molecule has 1 saturated heterocycles. The van der Waals surface area contributed by atoms with Gasteiger partial charge in [0, 0.05) is 61.0 Å². The van der Waals surface area contributed by atoms with Crippen LogP contribution in [-0.4, -0.2) is 97.9 Å². The maximum Gasteiger partial charge on any atom is 0.307 e. The number of ether oxygens (including phenoxy) is 6. The predicted molar refractivity (Wildman–Crippen MR) is 322 cm³/mol. The molecule has 4 rings (SSSR count). The highest BCUT2D eigenvalue weighted by Crippen LogP contribution is 2.44. The van der Waals surface area contributed by atoms with Crippen LogP contribution < -0.4 is 5.32 Å². The lowest BCUT2D eigenvalue weighted by atomic mass is 9.86. The standard InChI is InChI=1S/C65H99NO13S2/c1-6-9-12-15-16-18-29-49(28-17-13-10-7-2)45-74-57(67)37-26-39-59(69)77-48-65(4,5)63(64(73)66-43-41-60(70)76-47-56-54-34-23-21-32-52(54)53-33-22-24-35-55(53)56)79-62(72)40-27-38-58(68)75-46-50(30-19-14-11-8-3)78-61(71)36-25-20-31-51-42-44-80-81-51/h21-24,32-35,49-51,56,63H,6-20,25-31,36-48H2,1-5H3,(H,66,73). The number of unbranched alkanes of at least 4 members (excludes halogenated alkanes) is 12. The van der Waals surface area contributed by atoms with Crippen molar-refractivity contribution in [2.75, 3.05) is 38.7 Å². The Morgan fingerprint density at radius 1 is 0.543 bits per heavy atom. The number of carbonyl (C=O) groups is 7. The van der Waals surface area contributed by atoms with E-state index in [1.54, 1.807) is 13.8 Å². The number of rotatable bonds is 45. The van der Waals surface area contributed by atoms with Gasteiger partial charge in [-0.1, -0.05) is 195 Å². The van der Waals surface area contributed by atoms with Crippen LogP contribution in [0.2, 0.25) is 0 Å². The summed E-state index contributed by atoms with van der Waals surface area (Å²) in [5.74, 6) is -2.40. The van der Waals surface area contributed by atoms with Crippen LogP contribution in [0, 0.1) is 11.3 Å². The molecule has 2 aromatic rings. The molecule has 14 nitrogen and oxygen atoms in total. The van der Waals surface area contributed by atoms with Crippen LogP contribution in [0.15, 0.2) is 48.5 Å². The summed E-state index contributed by atoms with van der Waals surface area (Å²) in [5.41, 5.74) is 3.10. The number of hydrogen-bond donors (Lipinski definition) is 1. The fourth-order valence-corrected chi connectivity index (χ4v) is 13.4. The third-order valence-electron chi connectivity index (χ3n) is 15.2. The Kier molecular flexibility index (Phi) is 34.6. The molecule has 2 aromatic carbocycles. The normalized spacial score (nSPS) is 15.0. The molecule has 0 saturated carbocycles. The van der Waals surface area contributed by atoms with Gasteiger partial charge in [0.05, 0.1) is 13.0 Å². The van der Waals surface area contributed by atoms with Crippen molar-refractivity contribution in [1.82, 2.24) is 5.32 Å². The quantitative estimate of drug-likeness (QED) is 0.0285. The molecule has 0 aromatic heterocycles. The predicted octanol–water partition coefficient (Wildman–Crippen LogP) is 14.7. The number of hydrogen-bond acceptors (Lipinski definition) is 15. The van der Waals surface area contributed by atoms with Crippen LogP contribution in [0.1, 0.15) is 238 Å². The molecule has 4 unspecified atom stereocenters. The Morgan fingerprint density at radius 2 is 1.05 bits per heavy atom. The van der Waals surface area contributed by atoms with Crippen LogP contribution in [0.5, 0.6) is 0 Å². The first-order valence-electron chi connectivity index (χ1n) is 31.0. The topological polar surface area (TPSA) is 187 Å². The van der Waals surface area contributed by atoms with E-state index in [1.807, 2.05) is 58.0 Å². The van der Waals surface area contributed by atoms with Crippen molar-refractivity contribution in [3.8, 4) is 11.1 Å². The average molecular weight is 1170 g/mol. The number of esters is 6. The largest absolute Gasteiger partial charge is 0.465 e. The van der Waals surface area contributed by atoms with Gasteiger partial charge < -0.3 is 33.7 Å². The smallest absolute Gasteiger partial charge is 0.307 e. The van der Waals surface area contributed by atoms with E-state index in [2.05, 4.69) is 38.2 Å². The molecular formula is C65H99NO13S2. The summed E-state index contributed by atoms with van der Waals surface area (Å²) in [6, 6.07) is 16.1. The minimum Gasteiger partial charge on any atom is -0.465 e. The lowest BCUT2D eigenvalue weighted by molar-refractivity contribution is -0.169. The van der Waals surface area contributed by atoms with Crippen LogP contribution >= 0.6 is 21.6 Å². The molecule has 454 valence electrons. The highest BCUT2D eigenvalue weighted by Gasteiger charge is 2.40.